The van der Waals surface area contributed by atoms with Crippen LogP contribution >= 0.6 is 0 Å². The van der Waals surface area contributed by atoms with Crippen LogP contribution in [0, 0.1) is 5.82 Å². The van der Waals surface area contributed by atoms with Gasteiger partial charge in [0.25, 0.3) is 5.91 Å². The van der Waals surface area contributed by atoms with Gasteiger partial charge in [-0.3, -0.25) is 4.79 Å². The largest absolute Gasteiger partial charge is 0.416 e. The second kappa shape index (κ2) is 5.28. The summed E-state index contributed by atoms with van der Waals surface area (Å²) in [7, 11) is 0. The monoisotopic (exact) mass is 284 g/mol. The predicted molar refractivity (Wildman–Crippen MR) is 63.6 cm³/mol. The molecule has 0 aliphatic heterocycles. The van der Waals surface area contributed by atoms with Crippen LogP contribution < -0.4 is 5.32 Å². The van der Waals surface area contributed by atoms with Crippen LogP contribution in [0.3, 0.4) is 0 Å². The second-order valence-corrected chi connectivity index (χ2v) is 3.89. The van der Waals surface area contributed by atoms with Crippen LogP contribution in [0.4, 0.5) is 23.4 Å². The molecule has 2 aromatic rings. The minimum atomic E-state index is -4.45. The first-order chi connectivity index (χ1) is 9.36. The van der Waals surface area contributed by atoms with Crippen molar-refractivity contribution in [2.45, 2.75) is 6.18 Å². The van der Waals surface area contributed by atoms with E-state index in [2.05, 4.69) is 10.3 Å². The molecule has 0 atom stereocenters. The Bertz CT molecular complexity index is 606. The predicted octanol–water partition coefficient (Wildman–Crippen LogP) is 3.49. The summed E-state index contributed by atoms with van der Waals surface area (Å²) in [5, 5.41) is 2.35. The number of alkyl halides is 3. The SMILES string of the molecule is O=C(Nc1ccc(F)cn1)c1ccc(C(F)(F)F)cc1. The molecule has 7 heteroatoms. The fourth-order valence-electron chi connectivity index (χ4n) is 1.45. The van der Waals surface area contributed by atoms with E-state index in [1.807, 2.05) is 0 Å². The lowest BCUT2D eigenvalue weighted by molar-refractivity contribution is -0.137. The van der Waals surface area contributed by atoms with Gasteiger partial charge in [0.05, 0.1) is 11.8 Å². The van der Waals surface area contributed by atoms with Gasteiger partial charge in [-0.15, -0.1) is 0 Å². The molecule has 3 nitrogen and oxygen atoms in total. The molecular weight excluding hydrogens is 276 g/mol. The molecule has 1 aromatic heterocycles. The number of amides is 1. The summed E-state index contributed by atoms with van der Waals surface area (Å²) >= 11 is 0. The lowest BCUT2D eigenvalue weighted by Gasteiger charge is -2.08. The number of pyridine rings is 1. The molecule has 0 bridgehead atoms. The van der Waals surface area contributed by atoms with Gasteiger partial charge in [-0.1, -0.05) is 0 Å². The van der Waals surface area contributed by atoms with E-state index in [0.29, 0.717) is 0 Å². The first-order valence-corrected chi connectivity index (χ1v) is 5.46. The Morgan fingerprint density at radius 2 is 1.70 bits per heavy atom. The number of nitrogens with one attached hydrogen (secondary N) is 1. The Balaban J connectivity index is 2.11. The number of rotatable bonds is 2. The Labute approximate surface area is 111 Å². The summed E-state index contributed by atoms with van der Waals surface area (Å²) in [5.74, 6) is -1.08. The number of benzene rings is 1. The van der Waals surface area contributed by atoms with Crippen molar-refractivity contribution in [3.05, 3.63) is 59.5 Å². The molecule has 0 unspecified atom stereocenters. The summed E-state index contributed by atoms with van der Waals surface area (Å²) in [6.07, 6.45) is -3.53. The fraction of sp³-hybridized carbons (Fsp3) is 0.0769. The zero-order valence-electron chi connectivity index (χ0n) is 9.91. The van der Waals surface area contributed by atoms with Crippen molar-refractivity contribution in [2.75, 3.05) is 5.32 Å². The summed E-state index contributed by atoms with van der Waals surface area (Å²) in [6, 6.07) is 6.09. The standard InChI is InChI=1S/C13H8F4N2O/c14-10-5-6-11(18-7-10)19-12(20)8-1-3-9(4-2-8)13(15,16)17/h1-7H,(H,18,19,20). The van der Waals surface area contributed by atoms with E-state index in [1.54, 1.807) is 0 Å². The first kappa shape index (κ1) is 14.0. The van der Waals surface area contributed by atoms with Gasteiger partial charge >= 0.3 is 6.18 Å². The van der Waals surface area contributed by atoms with Crippen molar-refractivity contribution < 1.29 is 22.4 Å². The van der Waals surface area contributed by atoms with Gasteiger partial charge in [-0.05, 0) is 36.4 Å². The minimum Gasteiger partial charge on any atom is -0.307 e. The van der Waals surface area contributed by atoms with E-state index in [4.69, 9.17) is 0 Å². The van der Waals surface area contributed by atoms with Gasteiger partial charge in [-0.2, -0.15) is 13.2 Å². The quantitative estimate of drug-likeness (QED) is 0.858. The van der Waals surface area contributed by atoms with Gasteiger partial charge < -0.3 is 5.32 Å². The molecule has 0 radical (unpaired) electrons. The summed E-state index contributed by atoms with van der Waals surface area (Å²) in [6.45, 7) is 0. The van der Waals surface area contributed by atoms with Crippen molar-refractivity contribution in [1.29, 1.82) is 0 Å². The maximum absolute atomic E-state index is 12.6. The van der Waals surface area contributed by atoms with Crippen LogP contribution in [0.2, 0.25) is 0 Å². The molecule has 0 aliphatic rings. The molecule has 1 amide bonds. The molecular formula is C13H8F4N2O. The van der Waals surface area contributed by atoms with Crippen molar-refractivity contribution in [2.24, 2.45) is 0 Å². The van der Waals surface area contributed by atoms with Gasteiger partial charge in [-0.25, -0.2) is 9.37 Å². The maximum atomic E-state index is 12.6. The van der Waals surface area contributed by atoms with E-state index in [9.17, 15) is 22.4 Å². The van der Waals surface area contributed by atoms with Gasteiger partial charge in [0.2, 0.25) is 0 Å². The van der Waals surface area contributed by atoms with Crippen LogP contribution in [0.5, 0.6) is 0 Å². The molecule has 0 fully saturated rings. The third-order valence-corrected chi connectivity index (χ3v) is 2.44. The summed E-state index contributed by atoms with van der Waals surface area (Å²) in [4.78, 5) is 15.3. The van der Waals surface area contributed by atoms with Crippen LogP contribution in [-0.4, -0.2) is 10.9 Å². The van der Waals surface area contributed by atoms with Crippen LogP contribution in [0.15, 0.2) is 42.6 Å². The van der Waals surface area contributed by atoms with Gasteiger partial charge in [0.1, 0.15) is 11.6 Å². The molecule has 104 valence electrons. The topological polar surface area (TPSA) is 42.0 Å². The highest BCUT2D eigenvalue weighted by Gasteiger charge is 2.30. The Morgan fingerprint density at radius 3 is 2.20 bits per heavy atom. The molecule has 20 heavy (non-hydrogen) atoms. The van der Waals surface area contributed by atoms with Crippen molar-refractivity contribution in [3.8, 4) is 0 Å². The number of carbonyl (C=O) groups excluding carboxylic acids is 1. The Kier molecular flexibility index (Phi) is 3.69. The molecule has 0 saturated carbocycles. The minimum absolute atomic E-state index is 0.0455. The van der Waals surface area contributed by atoms with E-state index < -0.39 is 23.5 Å². The van der Waals surface area contributed by atoms with Crippen molar-refractivity contribution >= 4 is 11.7 Å². The number of hydrogen-bond acceptors (Lipinski definition) is 2. The smallest absolute Gasteiger partial charge is 0.307 e. The maximum Gasteiger partial charge on any atom is 0.416 e. The van der Waals surface area contributed by atoms with Crippen LogP contribution in [0.25, 0.3) is 0 Å². The highest BCUT2D eigenvalue weighted by molar-refractivity contribution is 6.03. The van der Waals surface area contributed by atoms with E-state index in [-0.39, 0.29) is 11.4 Å². The molecule has 1 aromatic carbocycles. The lowest BCUT2D eigenvalue weighted by atomic mass is 10.1. The Morgan fingerprint density at radius 1 is 1.05 bits per heavy atom. The average Bonchev–Trinajstić information content (AvgIpc) is 2.40. The second-order valence-electron chi connectivity index (χ2n) is 3.89. The van der Waals surface area contributed by atoms with Crippen molar-refractivity contribution in [3.63, 3.8) is 0 Å². The zero-order valence-corrected chi connectivity index (χ0v) is 9.91. The molecule has 0 spiro atoms. The molecule has 1 heterocycles. The number of hydrogen-bond donors (Lipinski definition) is 1. The fourth-order valence-corrected chi connectivity index (χ4v) is 1.45. The lowest BCUT2D eigenvalue weighted by Crippen LogP contribution is -2.13. The molecule has 1 N–H and O–H groups in total. The number of aromatic nitrogens is 1. The third-order valence-electron chi connectivity index (χ3n) is 2.44. The van der Waals surface area contributed by atoms with Crippen LogP contribution in [0.1, 0.15) is 15.9 Å². The molecule has 0 saturated heterocycles. The number of nitrogens with zero attached hydrogens (tertiary/aromatic N) is 1. The van der Waals surface area contributed by atoms with E-state index in [1.165, 1.54) is 6.07 Å². The summed E-state index contributed by atoms with van der Waals surface area (Å²) < 4.78 is 49.7. The highest BCUT2D eigenvalue weighted by Crippen LogP contribution is 2.29. The van der Waals surface area contributed by atoms with Gasteiger partial charge in [0, 0.05) is 5.56 Å². The number of anilines is 1. The first-order valence-electron chi connectivity index (χ1n) is 5.46. The third kappa shape index (κ3) is 3.31. The number of carbonyl (C=O) groups is 1. The van der Waals surface area contributed by atoms with Crippen LogP contribution in [-0.2, 0) is 6.18 Å². The normalized spacial score (nSPS) is 11.2. The summed E-state index contributed by atoms with van der Waals surface area (Å²) in [5.41, 5.74) is -0.793. The van der Waals surface area contributed by atoms with Crippen molar-refractivity contribution in [1.82, 2.24) is 4.98 Å². The zero-order chi connectivity index (χ0) is 14.8. The molecule has 2 rings (SSSR count). The van der Waals surface area contributed by atoms with E-state index >= 15 is 0 Å². The average molecular weight is 284 g/mol. The van der Waals surface area contributed by atoms with E-state index in [0.717, 1.165) is 36.5 Å². The number of halogens is 4. The highest BCUT2D eigenvalue weighted by atomic mass is 19.4. The molecule has 0 aliphatic carbocycles. The Hall–Kier alpha value is -2.44. The van der Waals surface area contributed by atoms with Gasteiger partial charge in [0.15, 0.2) is 0 Å².